The molecule has 0 saturated heterocycles. The van der Waals surface area contributed by atoms with Crippen molar-refractivity contribution >= 4 is 23.6 Å². The molecule has 0 fully saturated rings. The van der Waals surface area contributed by atoms with Crippen LogP contribution in [0.5, 0.6) is 0 Å². The molecule has 0 bridgehead atoms. The summed E-state index contributed by atoms with van der Waals surface area (Å²) < 4.78 is 0. The number of hydrogen-bond donors (Lipinski definition) is 2. The van der Waals surface area contributed by atoms with Crippen molar-refractivity contribution in [1.29, 1.82) is 0 Å². The normalized spacial score (nSPS) is 10.6. The Hall–Kier alpha value is -2.70. The Bertz CT molecular complexity index is 668. The highest BCUT2D eigenvalue weighted by Crippen LogP contribution is 2.21. The second-order valence-corrected chi connectivity index (χ2v) is 7.25. The fourth-order valence-electron chi connectivity index (χ4n) is 2.30. The number of para-hydroxylation sites is 1. The molecule has 0 aliphatic carbocycles. The predicted molar refractivity (Wildman–Crippen MR) is 106 cm³/mol. The first kappa shape index (κ1) is 22.3. The number of carbonyl (C=O) groups excluding carboxylic acids is 2. The van der Waals surface area contributed by atoms with Gasteiger partial charge in [0.2, 0.25) is 0 Å². The lowest BCUT2D eigenvalue weighted by molar-refractivity contribution is -0.385. The van der Waals surface area contributed by atoms with Crippen LogP contribution in [0.15, 0.2) is 29.8 Å². The fourth-order valence-corrected chi connectivity index (χ4v) is 2.30. The molecule has 1 aromatic rings. The summed E-state index contributed by atoms with van der Waals surface area (Å²) in [6, 6.07) is 6.03. The van der Waals surface area contributed by atoms with Gasteiger partial charge in [0.05, 0.1) is 10.5 Å². The number of carbonyl (C=O) groups is 2. The number of nitrogens with one attached hydrogen (secondary N) is 2. The molecule has 0 atom stereocenters. The Labute approximate surface area is 160 Å². The maximum absolute atomic E-state index is 12.5. The second kappa shape index (κ2) is 11.1. The lowest BCUT2D eigenvalue weighted by atomic mass is 10.1. The summed E-state index contributed by atoms with van der Waals surface area (Å²) in [6.45, 7) is 9.02. The lowest BCUT2D eigenvalue weighted by Gasteiger charge is -2.12. The Morgan fingerprint density at radius 2 is 1.48 bits per heavy atom. The van der Waals surface area contributed by atoms with Crippen molar-refractivity contribution < 1.29 is 14.5 Å². The summed E-state index contributed by atoms with van der Waals surface area (Å²) in [5, 5.41) is 16.7. The third-order valence-corrected chi connectivity index (χ3v) is 3.94. The third-order valence-electron chi connectivity index (χ3n) is 3.94. The number of amides is 2. The Kier molecular flexibility index (Phi) is 9.19. The Morgan fingerprint density at radius 3 is 1.93 bits per heavy atom. The van der Waals surface area contributed by atoms with Gasteiger partial charge in [-0.25, -0.2) is 0 Å². The molecule has 0 heterocycles. The molecule has 0 unspecified atom stereocenters. The summed E-state index contributed by atoms with van der Waals surface area (Å²) in [6.07, 6.45) is 2.84. The lowest BCUT2D eigenvalue weighted by Crippen LogP contribution is -2.36. The van der Waals surface area contributed by atoms with Crippen molar-refractivity contribution in [3.63, 3.8) is 0 Å². The first-order valence-electron chi connectivity index (χ1n) is 9.23. The van der Waals surface area contributed by atoms with Crippen LogP contribution >= 0.6 is 0 Å². The van der Waals surface area contributed by atoms with Gasteiger partial charge in [-0.15, -0.1) is 0 Å². The standard InChI is InChI=1S/C20H29N3O4/c1-14(2)9-11-21-19(24)17(20(25)22-12-10-15(3)4)13-16-7-5-6-8-18(16)23(26)27/h5-8,13-15H,9-12H2,1-4H3,(H,21,24)(H,22,25). The smallest absolute Gasteiger partial charge is 0.276 e. The van der Waals surface area contributed by atoms with E-state index in [1.165, 1.54) is 18.2 Å². The van der Waals surface area contributed by atoms with Crippen molar-refractivity contribution in [2.45, 2.75) is 40.5 Å². The van der Waals surface area contributed by atoms with E-state index in [9.17, 15) is 19.7 Å². The molecule has 148 valence electrons. The van der Waals surface area contributed by atoms with E-state index in [1.54, 1.807) is 12.1 Å². The topological polar surface area (TPSA) is 101 Å². The van der Waals surface area contributed by atoms with Crippen LogP contribution in [0, 0.1) is 22.0 Å². The Morgan fingerprint density at radius 1 is 1.00 bits per heavy atom. The summed E-state index contributed by atoms with van der Waals surface area (Å²) in [5.41, 5.74) is -0.0627. The second-order valence-electron chi connectivity index (χ2n) is 7.25. The SMILES string of the molecule is CC(C)CCNC(=O)C(=Cc1ccccc1[N+](=O)[O-])C(=O)NCCC(C)C. The van der Waals surface area contributed by atoms with Gasteiger partial charge in [-0.1, -0.05) is 39.8 Å². The quantitative estimate of drug-likeness (QED) is 0.215. The van der Waals surface area contributed by atoms with E-state index in [4.69, 9.17) is 0 Å². The highest BCUT2D eigenvalue weighted by Gasteiger charge is 2.20. The summed E-state index contributed by atoms with van der Waals surface area (Å²) in [5.74, 6) is -0.243. The number of nitro benzene ring substituents is 1. The fraction of sp³-hybridized carbons (Fsp3) is 0.500. The molecule has 0 aromatic heterocycles. The molecule has 0 aliphatic rings. The molecular weight excluding hydrogens is 346 g/mol. The van der Waals surface area contributed by atoms with Crippen molar-refractivity contribution in [2.75, 3.05) is 13.1 Å². The number of hydrogen-bond acceptors (Lipinski definition) is 4. The monoisotopic (exact) mass is 375 g/mol. The molecule has 1 aromatic carbocycles. The summed E-state index contributed by atoms with van der Waals surface area (Å²) in [7, 11) is 0. The van der Waals surface area contributed by atoms with Crippen LogP contribution in [-0.2, 0) is 9.59 Å². The Balaban J connectivity index is 3.07. The van der Waals surface area contributed by atoms with Crippen LogP contribution in [0.2, 0.25) is 0 Å². The molecule has 7 nitrogen and oxygen atoms in total. The van der Waals surface area contributed by atoms with Gasteiger partial charge in [0.25, 0.3) is 17.5 Å². The van der Waals surface area contributed by atoms with Crippen LogP contribution in [-0.4, -0.2) is 29.8 Å². The number of rotatable bonds is 10. The van der Waals surface area contributed by atoms with Gasteiger partial charge in [-0.05, 0) is 36.8 Å². The number of benzene rings is 1. The summed E-state index contributed by atoms with van der Waals surface area (Å²) in [4.78, 5) is 35.8. The molecule has 0 spiro atoms. The molecule has 0 aliphatic heterocycles. The molecule has 0 saturated carbocycles. The van der Waals surface area contributed by atoms with Gasteiger partial charge in [0.1, 0.15) is 5.57 Å². The van der Waals surface area contributed by atoms with E-state index >= 15 is 0 Å². The van der Waals surface area contributed by atoms with Crippen LogP contribution in [0.1, 0.15) is 46.1 Å². The van der Waals surface area contributed by atoms with E-state index in [0.29, 0.717) is 24.9 Å². The van der Waals surface area contributed by atoms with Crippen LogP contribution in [0.3, 0.4) is 0 Å². The average Bonchev–Trinajstić information content (AvgIpc) is 2.58. The average molecular weight is 375 g/mol. The van der Waals surface area contributed by atoms with Crippen LogP contribution in [0.25, 0.3) is 6.08 Å². The molecule has 0 radical (unpaired) electrons. The first-order chi connectivity index (χ1) is 12.7. The van der Waals surface area contributed by atoms with Gasteiger partial charge in [-0.3, -0.25) is 19.7 Å². The number of nitro groups is 1. The minimum absolute atomic E-state index is 0.128. The van der Waals surface area contributed by atoms with Gasteiger partial charge in [0.15, 0.2) is 0 Å². The molecule has 1 rings (SSSR count). The molecule has 7 heteroatoms. The van der Waals surface area contributed by atoms with Gasteiger partial charge in [0, 0.05) is 19.2 Å². The maximum Gasteiger partial charge on any atom is 0.276 e. The molecular formula is C20H29N3O4. The molecule has 2 amide bonds. The zero-order valence-corrected chi connectivity index (χ0v) is 16.5. The van der Waals surface area contributed by atoms with Crippen molar-refractivity contribution in [3.05, 3.63) is 45.5 Å². The highest BCUT2D eigenvalue weighted by molar-refractivity contribution is 6.21. The molecule has 2 N–H and O–H groups in total. The van der Waals surface area contributed by atoms with Gasteiger partial charge >= 0.3 is 0 Å². The van der Waals surface area contributed by atoms with E-state index in [2.05, 4.69) is 10.6 Å². The zero-order chi connectivity index (χ0) is 20.4. The largest absolute Gasteiger partial charge is 0.352 e. The molecule has 27 heavy (non-hydrogen) atoms. The number of nitrogens with zero attached hydrogens (tertiary/aromatic N) is 1. The summed E-state index contributed by atoms with van der Waals surface area (Å²) >= 11 is 0. The third kappa shape index (κ3) is 8.02. The van der Waals surface area contributed by atoms with Gasteiger partial charge < -0.3 is 10.6 Å². The van der Waals surface area contributed by atoms with Gasteiger partial charge in [-0.2, -0.15) is 0 Å². The van der Waals surface area contributed by atoms with E-state index in [-0.39, 0.29) is 16.8 Å². The predicted octanol–water partition coefficient (Wildman–Crippen LogP) is 3.30. The van der Waals surface area contributed by atoms with Crippen LogP contribution in [0.4, 0.5) is 5.69 Å². The van der Waals surface area contributed by atoms with Crippen LogP contribution < -0.4 is 10.6 Å². The first-order valence-corrected chi connectivity index (χ1v) is 9.23. The minimum atomic E-state index is -0.532. The van der Waals surface area contributed by atoms with E-state index in [1.807, 2.05) is 27.7 Å². The van der Waals surface area contributed by atoms with E-state index in [0.717, 1.165) is 12.8 Å². The highest BCUT2D eigenvalue weighted by atomic mass is 16.6. The van der Waals surface area contributed by atoms with E-state index < -0.39 is 16.7 Å². The van der Waals surface area contributed by atoms with Crippen molar-refractivity contribution in [2.24, 2.45) is 11.8 Å². The zero-order valence-electron chi connectivity index (χ0n) is 16.5. The minimum Gasteiger partial charge on any atom is -0.352 e. The van der Waals surface area contributed by atoms with Crippen molar-refractivity contribution in [3.8, 4) is 0 Å². The van der Waals surface area contributed by atoms with Crippen molar-refractivity contribution in [1.82, 2.24) is 10.6 Å². The maximum atomic E-state index is 12.5.